The van der Waals surface area contributed by atoms with Gasteiger partial charge in [-0.2, -0.15) is 4.98 Å². The van der Waals surface area contributed by atoms with Gasteiger partial charge < -0.3 is 10.1 Å². The number of aromatic nitrogens is 3. The van der Waals surface area contributed by atoms with E-state index in [1.165, 1.54) is 25.7 Å². The smallest absolute Gasteiger partial charge is 0.321 e. The zero-order valence-electron chi connectivity index (χ0n) is 12.7. The van der Waals surface area contributed by atoms with Crippen LogP contribution in [0.2, 0.25) is 0 Å². The molecule has 1 spiro atoms. The first-order valence-electron chi connectivity index (χ1n) is 7.67. The van der Waals surface area contributed by atoms with Crippen LogP contribution < -0.4 is 10.6 Å². The van der Waals surface area contributed by atoms with Gasteiger partial charge in [-0.05, 0) is 45.4 Å². The minimum absolute atomic E-state index is 0.197. The highest BCUT2D eigenvalue weighted by Gasteiger charge is 2.44. The third-order valence-electron chi connectivity index (χ3n) is 4.56. The number of rotatable bonds is 4. The molecule has 2 aliphatic rings. The maximum Gasteiger partial charge on any atom is 0.321 e. The summed E-state index contributed by atoms with van der Waals surface area (Å²) in [5.41, 5.74) is 0.197. The van der Waals surface area contributed by atoms with Crippen molar-refractivity contribution in [1.29, 1.82) is 0 Å². The highest BCUT2D eigenvalue weighted by Crippen LogP contribution is 2.46. The molecule has 2 N–H and O–H groups in total. The van der Waals surface area contributed by atoms with Gasteiger partial charge in [-0.3, -0.25) is 10.00 Å². The molecular weight excluding hydrogens is 270 g/mol. The summed E-state index contributed by atoms with van der Waals surface area (Å²) in [6.07, 6.45) is 7.17. The van der Waals surface area contributed by atoms with Crippen LogP contribution in [-0.4, -0.2) is 39.0 Å². The number of anilines is 1. The van der Waals surface area contributed by atoms with Crippen LogP contribution in [0.5, 0.6) is 0 Å². The first-order chi connectivity index (χ1) is 10.1. The van der Waals surface area contributed by atoms with Gasteiger partial charge >= 0.3 is 6.03 Å². The number of hydrogen-bond acceptors (Lipinski definition) is 4. The second kappa shape index (κ2) is 5.63. The van der Waals surface area contributed by atoms with Crippen molar-refractivity contribution in [2.45, 2.75) is 57.2 Å². The number of amides is 2. The maximum atomic E-state index is 11.7. The Kier molecular flexibility index (Phi) is 3.84. The Labute approximate surface area is 124 Å². The van der Waals surface area contributed by atoms with Gasteiger partial charge in [0.2, 0.25) is 5.95 Å². The number of nitrogens with zero attached hydrogens (tertiary/aromatic N) is 3. The number of nitrogens with one attached hydrogen (secondary N) is 2. The number of carbonyl (C=O) groups is 1. The van der Waals surface area contributed by atoms with E-state index in [-0.39, 0.29) is 11.6 Å². The van der Waals surface area contributed by atoms with Crippen molar-refractivity contribution in [3.05, 3.63) is 5.82 Å². The summed E-state index contributed by atoms with van der Waals surface area (Å²) in [5.74, 6) is 1.09. The van der Waals surface area contributed by atoms with Crippen molar-refractivity contribution in [2.75, 3.05) is 11.9 Å². The molecular formula is C14H23N5O2. The molecule has 1 aromatic rings. The predicted molar refractivity (Wildman–Crippen MR) is 78.1 cm³/mol. The summed E-state index contributed by atoms with van der Waals surface area (Å²) in [4.78, 5) is 15.9. The van der Waals surface area contributed by atoms with Gasteiger partial charge in [0.15, 0.2) is 0 Å². The topological polar surface area (TPSA) is 81.1 Å². The summed E-state index contributed by atoms with van der Waals surface area (Å²) in [6.45, 7) is 2.45. The molecule has 21 heavy (non-hydrogen) atoms. The summed E-state index contributed by atoms with van der Waals surface area (Å²) < 4.78 is 7.73. The Morgan fingerprint density at radius 3 is 2.86 bits per heavy atom. The van der Waals surface area contributed by atoms with Gasteiger partial charge in [-0.25, -0.2) is 4.79 Å². The molecule has 1 atom stereocenters. The normalized spacial score (nSPS) is 23.0. The molecule has 0 aromatic carbocycles. The Balaban J connectivity index is 1.36. The molecule has 2 heterocycles. The molecule has 2 amide bonds. The lowest BCUT2D eigenvalue weighted by atomic mass is 9.78. The van der Waals surface area contributed by atoms with E-state index < -0.39 is 0 Å². The third-order valence-corrected chi connectivity index (χ3v) is 4.56. The molecule has 1 saturated carbocycles. The Bertz CT molecular complexity index is 504. The van der Waals surface area contributed by atoms with Gasteiger partial charge in [0, 0.05) is 13.6 Å². The van der Waals surface area contributed by atoms with E-state index in [4.69, 9.17) is 4.74 Å². The Morgan fingerprint density at radius 1 is 1.48 bits per heavy atom. The highest BCUT2D eigenvalue weighted by molar-refractivity contribution is 5.87. The molecule has 1 unspecified atom stereocenters. The SMILES string of the molecule is Cc1nc(NC(=O)NCCC2CCC3(CCC3)O2)nn1C. The summed E-state index contributed by atoms with van der Waals surface area (Å²) >= 11 is 0. The zero-order chi connectivity index (χ0) is 14.9. The molecule has 2 fully saturated rings. The summed E-state index contributed by atoms with van der Waals surface area (Å²) in [5, 5.41) is 9.55. The Morgan fingerprint density at radius 2 is 2.29 bits per heavy atom. The molecule has 1 aliphatic heterocycles. The fourth-order valence-electron chi connectivity index (χ4n) is 3.05. The lowest BCUT2D eigenvalue weighted by Gasteiger charge is -2.38. The average Bonchev–Trinajstić information content (AvgIpc) is 2.94. The predicted octanol–water partition coefficient (Wildman–Crippen LogP) is 1.74. The van der Waals surface area contributed by atoms with Crippen LogP contribution in [0.3, 0.4) is 0 Å². The van der Waals surface area contributed by atoms with Crippen LogP contribution in [0.4, 0.5) is 10.7 Å². The van der Waals surface area contributed by atoms with E-state index in [2.05, 4.69) is 20.7 Å². The monoisotopic (exact) mass is 293 g/mol. The van der Waals surface area contributed by atoms with Crippen LogP contribution in [0.1, 0.15) is 44.3 Å². The van der Waals surface area contributed by atoms with Crippen molar-refractivity contribution < 1.29 is 9.53 Å². The molecule has 7 nitrogen and oxygen atoms in total. The molecule has 0 bridgehead atoms. The van der Waals surface area contributed by atoms with E-state index in [0.29, 0.717) is 18.6 Å². The Hall–Kier alpha value is -1.63. The van der Waals surface area contributed by atoms with Gasteiger partial charge in [0.1, 0.15) is 5.82 Å². The van der Waals surface area contributed by atoms with Gasteiger partial charge in [0.25, 0.3) is 0 Å². The van der Waals surface area contributed by atoms with Crippen molar-refractivity contribution in [1.82, 2.24) is 20.1 Å². The molecule has 1 aromatic heterocycles. The molecule has 7 heteroatoms. The van der Waals surface area contributed by atoms with E-state index in [1.807, 2.05) is 6.92 Å². The minimum atomic E-state index is -0.267. The number of urea groups is 1. The van der Waals surface area contributed by atoms with Crippen LogP contribution in [0, 0.1) is 6.92 Å². The fourth-order valence-corrected chi connectivity index (χ4v) is 3.05. The lowest BCUT2D eigenvalue weighted by Crippen LogP contribution is -2.37. The van der Waals surface area contributed by atoms with E-state index in [9.17, 15) is 4.79 Å². The zero-order valence-corrected chi connectivity index (χ0v) is 12.7. The quantitative estimate of drug-likeness (QED) is 0.886. The average molecular weight is 293 g/mol. The standard InChI is InChI=1S/C14H23N5O2/c1-10-16-12(18-19(10)2)17-13(20)15-9-5-11-4-8-14(21-11)6-3-7-14/h11H,3-9H2,1-2H3,(H2,15,17,18,20). The lowest BCUT2D eigenvalue weighted by molar-refractivity contribution is -0.0920. The highest BCUT2D eigenvalue weighted by atomic mass is 16.5. The van der Waals surface area contributed by atoms with Gasteiger partial charge in [-0.15, -0.1) is 5.10 Å². The van der Waals surface area contributed by atoms with E-state index in [0.717, 1.165) is 18.7 Å². The van der Waals surface area contributed by atoms with Crippen molar-refractivity contribution in [2.24, 2.45) is 7.05 Å². The van der Waals surface area contributed by atoms with Crippen LogP contribution in [-0.2, 0) is 11.8 Å². The number of carbonyl (C=O) groups excluding carboxylic acids is 1. The molecule has 1 aliphatic carbocycles. The van der Waals surface area contributed by atoms with Crippen molar-refractivity contribution in [3.8, 4) is 0 Å². The number of hydrogen-bond donors (Lipinski definition) is 2. The maximum absolute atomic E-state index is 11.7. The van der Waals surface area contributed by atoms with Gasteiger partial charge in [0.05, 0.1) is 11.7 Å². The van der Waals surface area contributed by atoms with E-state index >= 15 is 0 Å². The summed E-state index contributed by atoms with van der Waals surface area (Å²) in [6, 6.07) is -0.267. The minimum Gasteiger partial charge on any atom is -0.372 e. The fraction of sp³-hybridized carbons (Fsp3) is 0.786. The third kappa shape index (κ3) is 3.18. The molecule has 3 rings (SSSR count). The molecule has 1 saturated heterocycles. The molecule has 0 radical (unpaired) electrons. The second-order valence-electron chi connectivity index (χ2n) is 6.09. The molecule has 116 valence electrons. The van der Waals surface area contributed by atoms with Gasteiger partial charge in [-0.1, -0.05) is 0 Å². The second-order valence-corrected chi connectivity index (χ2v) is 6.09. The van der Waals surface area contributed by atoms with Crippen LogP contribution in [0.25, 0.3) is 0 Å². The van der Waals surface area contributed by atoms with Crippen molar-refractivity contribution >= 4 is 12.0 Å². The van der Waals surface area contributed by atoms with E-state index in [1.54, 1.807) is 11.7 Å². The largest absolute Gasteiger partial charge is 0.372 e. The summed E-state index contributed by atoms with van der Waals surface area (Å²) in [7, 11) is 1.79. The van der Waals surface area contributed by atoms with Crippen LogP contribution in [0.15, 0.2) is 0 Å². The number of ether oxygens (including phenoxy) is 1. The van der Waals surface area contributed by atoms with Crippen molar-refractivity contribution in [3.63, 3.8) is 0 Å². The first kappa shape index (κ1) is 14.3. The first-order valence-corrected chi connectivity index (χ1v) is 7.67. The van der Waals surface area contributed by atoms with Crippen LogP contribution >= 0.6 is 0 Å². The number of aryl methyl sites for hydroxylation is 2.